The lowest BCUT2D eigenvalue weighted by Crippen LogP contribution is -2.37. The van der Waals surface area contributed by atoms with Gasteiger partial charge in [0.1, 0.15) is 15.9 Å². The molecule has 0 bridgehead atoms. The second-order valence-corrected chi connectivity index (χ2v) is 6.87. The lowest BCUT2D eigenvalue weighted by molar-refractivity contribution is 0.213. The van der Waals surface area contributed by atoms with Crippen LogP contribution < -0.4 is 0 Å². The highest BCUT2D eigenvalue weighted by Crippen LogP contribution is 2.29. The van der Waals surface area contributed by atoms with Crippen LogP contribution in [0.15, 0.2) is 23.1 Å². The quantitative estimate of drug-likeness (QED) is 0.908. The average molecular weight is 299 g/mol. The average Bonchev–Trinajstić information content (AvgIpc) is 3.06. The summed E-state index contributed by atoms with van der Waals surface area (Å²) >= 11 is 1.000. The van der Waals surface area contributed by atoms with Crippen LogP contribution in [0, 0.1) is 0 Å². The van der Waals surface area contributed by atoms with Crippen molar-refractivity contribution in [3.8, 4) is 0 Å². The first kappa shape index (κ1) is 12.9. The predicted octanol–water partition coefficient (Wildman–Crippen LogP) is 0.837. The number of benzene rings is 1. The summed E-state index contributed by atoms with van der Waals surface area (Å²) < 4.78 is 34.8. The van der Waals surface area contributed by atoms with Gasteiger partial charge in [-0.2, -0.15) is 13.1 Å². The van der Waals surface area contributed by atoms with Crippen molar-refractivity contribution in [2.24, 2.45) is 0 Å². The van der Waals surface area contributed by atoms with Gasteiger partial charge in [-0.3, -0.25) is 0 Å². The summed E-state index contributed by atoms with van der Waals surface area (Å²) in [6, 6.07) is 4.63. The third kappa shape index (κ3) is 2.04. The van der Waals surface area contributed by atoms with Gasteiger partial charge in [0.2, 0.25) is 10.0 Å². The zero-order valence-corrected chi connectivity index (χ0v) is 11.7. The molecule has 1 aliphatic heterocycles. The molecule has 3 rings (SSSR count). The topological polar surface area (TPSA) is 83.4 Å². The van der Waals surface area contributed by atoms with Crippen LogP contribution in [0.4, 0.5) is 0 Å². The Hall–Kier alpha value is -1.09. The summed E-state index contributed by atoms with van der Waals surface area (Å²) in [5.41, 5.74) is 1.00. The molecule has 0 unspecified atom stereocenters. The van der Waals surface area contributed by atoms with Crippen molar-refractivity contribution in [1.82, 2.24) is 13.1 Å². The fourth-order valence-corrected chi connectivity index (χ4v) is 4.86. The summed E-state index contributed by atoms with van der Waals surface area (Å²) in [6.45, 7) is 0.298. The van der Waals surface area contributed by atoms with Crippen LogP contribution in [-0.2, 0) is 10.0 Å². The minimum absolute atomic E-state index is 0.148. The first-order valence-corrected chi connectivity index (χ1v) is 8.15. The largest absolute Gasteiger partial charge is 0.395 e. The molecule has 8 heteroatoms. The van der Waals surface area contributed by atoms with Gasteiger partial charge in [0.15, 0.2) is 0 Å². The molecular formula is C11H13N3O3S2. The molecular weight excluding hydrogens is 286 g/mol. The highest BCUT2D eigenvalue weighted by atomic mass is 32.2. The Bertz CT molecular complexity index is 698. The molecule has 2 heterocycles. The molecule has 1 fully saturated rings. The third-order valence-electron chi connectivity index (χ3n) is 3.37. The van der Waals surface area contributed by atoms with Gasteiger partial charge in [-0.1, -0.05) is 6.07 Å². The maximum absolute atomic E-state index is 12.7. The second-order valence-electron chi connectivity index (χ2n) is 4.48. The Labute approximate surface area is 115 Å². The summed E-state index contributed by atoms with van der Waals surface area (Å²) in [4.78, 5) is 0.180. The molecule has 0 amide bonds. The highest BCUT2D eigenvalue weighted by molar-refractivity contribution is 7.89. The number of fused-ring (bicyclic) bond motifs is 1. The van der Waals surface area contributed by atoms with Gasteiger partial charge < -0.3 is 5.11 Å². The van der Waals surface area contributed by atoms with Gasteiger partial charge in [-0.25, -0.2) is 8.42 Å². The van der Waals surface area contributed by atoms with Crippen LogP contribution in [0.5, 0.6) is 0 Å². The van der Waals surface area contributed by atoms with Crippen LogP contribution in [0.25, 0.3) is 11.0 Å². The molecule has 0 aliphatic carbocycles. The first-order valence-electron chi connectivity index (χ1n) is 5.98. The molecule has 2 aromatic rings. The number of hydrogen-bond donors (Lipinski definition) is 1. The van der Waals surface area contributed by atoms with E-state index in [9.17, 15) is 13.5 Å². The first-order chi connectivity index (χ1) is 9.14. The number of aromatic nitrogens is 2. The minimum Gasteiger partial charge on any atom is -0.395 e. The van der Waals surface area contributed by atoms with Crippen molar-refractivity contribution in [3.05, 3.63) is 18.2 Å². The van der Waals surface area contributed by atoms with Crippen molar-refractivity contribution in [1.29, 1.82) is 0 Å². The SMILES string of the molecule is O=S(=O)(c1cccc2nsnc12)N1CCC[C@@H]1CO. The number of rotatable bonds is 3. The third-order valence-corrected chi connectivity index (χ3v) is 5.90. The van der Waals surface area contributed by atoms with E-state index in [1.165, 1.54) is 4.31 Å². The van der Waals surface area contributed by atoms with Crippen LogP contribution >= 0.6 is 11.7 Å². The number of aliphatic hydroxyl groups is 1. The van der Waals surface area contributed by atoms with Gasteiger partial charge in [0.25, 0.3) is 0 Å². The van der Waals surface area contributed by atoms with Gasteiger partial charge in [-0.15, -0.1) is 0 Å². The van der Waals surface area contributed by atoms with Gasteiger partial charge in [0.05, 0.1) is 18.3 Å². The fourth-order valence-electron chi connectivity index (χ4n) is 2.42. The Morgan fingerprint density at radius 3 is 3.05 bits per heavy atom. The maximum atomic E-state index is 12.7. The number of sulfonamides is 1. The van der Waals surface area contributed by atoms with Gasteiger partial charge in [-0.05, 0) is 25.0 Å². The molecule has 1 aliphatic rings. The van der Waals surface area contributed by atoms with Gasteiger partial charge in [0, 0.05) is 12.6 Å². The normalized spacial score (nSPS) is 21.2. The maximum Gasteiger partial charge on any atom is 0.245 e. The number of aliphatic hydroxyl groups excluding tert-OH is 1. The number of hydrogen-bond acceptors (Lipinski definition) is 6. The van der Waals surface area contributed by atoms with Crippen LogP contribution in [0.3, 0.4) is 0 Å². The van der Waals surface area contributed by atoms with Crippen molar-refractivity contribution >= 4 is 32.8 Å². The fraction of sp³-hybridized carbons (Fsp3) is 0.455. The van der Waals surface area contributed by atoms with E-state index in [2.05, 4.69) is 8.75 Å². The molecule has 102 valence electrons. The predicted molar refractivity (Wildman–Crippen MR) is 71.4 cm³/mol. The Kier molecular flexibility index (Phi) is 3.25. The van der Waals surface area contributed by atoms with Crippen LogP contribution in [0.2, 0.25) is 0 Å². The molecule has 1 N–H and O–H groups in total. The molecule has 6 nitrogen and oxygen atoms in total. The van der Waals surface area contributed by atoms with Crippen LogP contribution in [0.1, 0.15) is 12.8 Å². The molecule has 19 heavy (non-hydrogen) atoms. The summed E-state index contributed by atoms with van der Waals surface area (Å²) in [7, 11) is -3.62. The molecule has 0 saturated carbocycles. The zero-order chi connectivity index (χ0) is 13.5. The standard InChI is InChI=1S/C11H13N3O3S2/c15-7-8-3-2-6-14(8)19(16,17)10-5-1-4-9-11(10)13-18-12-9/h1,4-5,8,15H,2-3,6-7H2/t8-/m1/s1. The number of nitrogens with zero attached hydrogens (tertiary/aromatic N) is 3. The van der Waals surface area contributed by atoms with Crippen molar-refractivity contribution in [3.63, 3.8) is 0 Å². The van der Waals surface area contributed by atoms with E-state index in [0.29, 0.717) is 24.0 Å². The van der Waals surface area contributed by atoms with Crippen molar-refractivity contribution < 1.29 is 13.5 Å². The van der Waals surface area contributed by atoms with E-state index < -0.39 is 10.0 Å². The van der Waals surface area contributed by atoms with E-state index >= 15 is 0 Å². The molecule has 0 spiro atoms. The Balaban J connectivity index is 2.12. The van der Waals surface area contributed by atoms with E-state index in [0.717, 1.165) is 18.1 Å². The summed E-state index contributed by atoms with van der Waals surface area (Å²) in [5.74, 6) is 0. The smallest absolute Gasteiger partial charge is 0.245 e. The summed E-state index contributed by atoms with van der Waals surface area (Å²) in [6.07, 6.45) is 1.47. The van der Waals surface area contributed by atoms with E-state index in [1.54, 1.807) is 18.2 Å². The highest BCUT2D eigenvalue weighted by Gasteiger charge is 2.36. The molecule has 1 aromatic carbocycles. The van der Waals surface area contributed by atoms with Gasteiger partial charge >= 0.3 is 0 Å². The Morgan fingerprint density at radius 1 is 1.42 bits per heavy atom. The van der Waals surface area contributed by atoms with E-state index in [-0.39, 0.29) is 17.5 Å². The summed E-state index contributed by atoms with van der Waals surface area (Å²) in [5, 5.41) is 9.29. The monoisotopic (exact) mass is 299 g/mol. The Morgan fingerprint density at radius 2 is 2.26 bits per heavy atom. The van der Waals surface area contributed by atoms with E-state index in [1.807, 2.05) is 0 Å². The van der Waals surface area contributed by atoms with Crippen molar-refractivity contribution in [2.75, 3.05) is 13.2 Å². The lowest BCUT2D eigenvalue weighted by atomic mass is 10.2. The minimum atomic E-state index is -3.62. The second kappa shape index (κ2) is 4.78. The lowest BCUT2D eigenvalue weighted by Gasteiger charge is -2.22. The zero-order valence-electron chi connectivity index (χ0n) is 10.1. The molecule has 1 saturated heterocycles. The van der Waals surface area contributed by atoms with Crippen molar-refractivity contribution in [2.45, 2.75) is 23.8 Å². The molecule has 0 radical (unpaired) electrons. The van der Waals surface area contributed by atoms with E-state index in [4.69, 9.17) is 0 Å². The molecule has 1 atom stereocenters. The van der Waals surface area contributed by atoms with Crippen LogP contribution in [-0.4, -0.2) is 45.8 Å². The molecule has 1 aromatic heterocycles.